The Balaban J connectivity index is 3.34. The van der Waals surface area contributed by atoms with Gasteiger partial charge in [0.2, 0.25) is 0 Å². The van der Waals surface area contributed by atoms with E-state index < -0.39 is 46.8 Å². The minimum absolute atomic E-state index is 0.0474. The maximum Gasteiger partial charge on any atom is 0.185 e. The summed E-state index contributed by atoms with van der Waals surface area (Å²) in [6, 6.07) is 0. The van der Waals surface area contributed by atoms with Gasteiger partial charge in [-0.25, -0.2) is 0 Å². The largest absolute Gasteiger partial charge is 0.389 e. The van der Waals surface area contributed by atoms with Gasteiger partial charge < -0.3 is 10.2 Å². The lowest BCUT2D eigenvalue weighted by atomic mass is 9.80. The monoisotopic (exact) mass is 350 g/mol. The molecule has 1 saturated carbocycles. The highest BCUT2D eigenvalue weighted by atomic mass is 16.4. The lowest BCUT2D eigenvalue weighted by Gasteiger charge is -2.31. The molecule has 0 aliphatic heterocycles. The van der Waals surface area contributed by atoms with E-state index in [2.05, 4.69) is 0 Å². The molecule has 0 aromatic heterocycles. The van der Waals surface area contributed by atoms with E-state index in [1.54, 1.807) is 26.0 Å². The van der Waals surface area contributed by atoms with E-state index in [4.69, 9.17) is 0 Å². The Morgan fingerprint density at radius 2 is 1.64 bits per heavy atom. The molecule has 2 N–H and O–H groups in total. The second kappa shape index (κ2) is 8.19. The number of hydrogen-bond acceptors (Lipinski definition) is 5. The van der Waals surface area contributed by atoms with Crippen LogP contribution in [-0.4, -0.2) is 39.3 Å². The van der Waals surface area contributed by atoms with Gasteiger partial charge in [0, 0.05) is 5.92 Å². The topological polar surface area (TPSA) is 91.7 Å². The van der Waals surface area contributed by atoms with Gasteiger partial charge in [0.15, 0.2) is 23.0 Å². The van der Waals surface area contributed by atoms with Crippen molar-refractivity contribution in [3.05, 3.63) is 23.3 Å². The first-order chi connectivity index (χ1) is 11.4. The van der Waals surface area contributed by atoms with Crippen molar-refractivity contribution in [2.24, 2.45) is 17.8 Å². The highest BCUT2D eigenvalue weighted by Gasteiger charge is 2.63. The Labute approximate surface area is 149 Å². The fourth-order valence-corrected chi connectivity index (χ4v) is 3.13. The van der Waals surface area contributed by atoms with Crippen molar-refractivity contribution < 1.29 is 24.6 Å². The summed E-state index contributed by atoms with van der Waals surface area (Å²) in [6.45, 7) is 10.6. The van der Waals surface area contributed by atoms with Gasteiger partial charge in [-0.2, -0.15) is 0 Å². The van der Waals surface area contributed by atoms with Gasteiger partial charge in [0.25, 0.3) is 0 Å². The molecule has 0 bridgehead atoms. The number of aliphatic hydroxyl groups excluding tert-OH is 1. The number of aliphatic hydroxyl groups is 2. The molecular weight excluding hydrogens is 320 g/mol. The first kappa shape index (κ1) is 21.5. The molecule has 0 spiro atoms. The Kier molecular flexibility index (Phi) is 7.03. The van der Waals surface area contributed by atoms with Crippen LogP contribution in [0.5, 0.6) is 0 Å². The fourth-order valence-electron chi connectivity index (χ4n) is 3.13. The number of Topliss-reactive ketones (excluding diaryl/α,β-unsaturated/α-hetero) is 3. The van der Waals surface area contributed by atoms with Gasteiger partial charge in [-0.15, -0.1) is 0 Å². The lowest BCUT2D eigenvalue weighted by Crippen LogP contribution is -2.52. The zero-order chi connectivity index (χ0) is 19.5. The van der Waals surface area contributed by atoms with E-state index in [0.717, 1.165) is 11.1 Å². The second-order valence-corrected chi connectivity index (χ2v) is 7.68. The molecule has 4 atom stereocenters. The Morgan fingerprint density at radius 1 is 1.12 bits per heavy atom. The van der Waals surface area contributed by atoms with Crippen molar-refractivity contribution in [3.63, 3.8) is 0 Å². The van der Waals surface area contributed by atoms with E-state index in [-0.39, 0.29) is 12.8 Å². The Bertz CT molecular complexity index is 606. The molecule has 140 valence electrons. The van der Waals surface area contributed by atoms with Gasteiger partial charge in [0.1, 0.15) is 5.92 Å². The van der Waals surface area contributed by atoms with E-state index in [1.807, 2.05) is 27.7 Å². The van der Waals surface area contributed by atoms with Gasteiger partial charge in [0.05, 0.1) is 12.0 Å². The van der Waals surface area contributed by atoms with Crippen LogP contribution in [0.15, 0.2) is 23.3 Å². The molecule has 1 aliphatic rings. The average molecular weight is 350 g/mol. The SMILES string of the molecule is CC(C)=CC[C@@H]1C(=O)C(C(=O)C(C)C)C(=O)[C@@]1(O)[C@@H](O)CC=C(C)C. The third kappa shape index (κ3) is 4.33. The highest BCUT2D eigenvalue weighted by molar-refractivity contribution is 6.27. The molecule has 1 rings (SSSR count). The van der Waals surface area contributed by atoms with Crippen LogP contribution in [0.2, 0.25) is 0 Å². The van der Waals surface area contributed by atoms with Crippen LogP contribution in [0.4, 0.5) is 0 Å². The van der Waals surface area contributed by atoms with E-state index in [1.165, 1.54) is 0 Å². The minimum Gasteiger partial charge on any atom is -0.389 e. The van der Waals surface area contributed by atoms with Gasteiger partial charge in [-0.3, -0.25) is 14.4 Å². The second-order valence-electron chi connectivity index (χ2n) is 7.68. The summed E-state index contributed by atoms with van der Waals surface area (Å²) in [5, 5.41) is 21.6. The normalized spacial score (nSPS) is 27.4. The predicted molar refractivity (Wildman–Crippen MR) is 95.9 cm³/mol. The predicted octanol–water partition coefficient (Wildman–Crippen LogP) is 2.40. The first-order valence-electron chi connectivity index (χ1n) is 8.73. The molecule has 0 radical (unpaired) electrons. The van der Waals surface area contributed by atoms with Crippen molar-refractivity contribution in [1.29, 1.82) is 0 Å². The van der Waals surface area contributed by atoms with Gasteiger partial charge in [-0.1, -0.05) is 37.1 Å². The van der Waals surface area contributed by atoms with Crippen molar-refractivity contribution in [3.8, 4) is 0 Å². The minimum atomic E-state index is -2.23. The maximum absolute atomic E-state index is 12.8. The van der Waals surface area contributed by atoms with E-state index >= 15 is 0 Å². The molecular formula is C20H30O5. The summed E-state index contributed by atoms with van der Waals surface area (Å²) in [6.07, 6.45) is 2.19. The van der Waals surface area contributed by atoms with E-state index in [0.29, 0.717) is 0 Å². The van der Waals surface area contributed by atoms with Crippen LogP contribution in [0.25, 0.3) is 0 Å². The summed E-state index contributed by atoms with van der Waals surface area (Å²) in [5.74, 6) is -5.04. The van der Waals surface area contributed by atoms with Crippen molar-refractivity contribution in [2.75, 3.05) is 0 Å². The zero-order valence-electron chi connectivity index (χ0n) is 16.0. The lowest BCUT2D eigenvalue weighted by molar-refractivity contribution is -0.155. The van der Waals surface area contributed by atoms with Crippen molar-refractivity contribution in [1.82, 2.24) is 0 Å². The number of hydrogen-bond donors (Lipinski definition) is 2. The van der Waals surface area contributed by atoms with Crippen LogP contribution >= 0.6 is 0 Å². The molecule has 0 saturated heterocycles. The van der Waals surface area contributed by atoms with Crippen LogP contribution < -0.4 is 0 Å². The molecule has 1 unspecified atom stereocenters. The number of ketones is 3. The standard InChI is InChI=1S/C20H30O5/c1-11(2)7-9-14-18(23)16(17(22)13(5)6)19(24)20(14,25)15(21)10-8-12(3)4/h7-8,13-16,21,25H,9-10H2,1-6H3/t14-,15+,16?,20+/m1/s1. The highest BCUT2D eigenvalue weighted by Crippen LogP contribution is 2.41. The molecule has 1 fully saturated rings. The van der Waals surface area contributed by atoms with Crippen LogP contribution in [-0.2, 0) is 14.4 Å². The Hall–Kier alpha value is -1.59. The smallest absolute Gasteiger partial charge is 0.185 e. The fraction of sp³-hybridized carbons (Fsp3) is 0.650. The average Bonchev–Trinajstić information content (AvgIpc) is 2.69. The Morgan fingerprint density at radius 3 is 2.08 bits per heavy atom. The molecule has 0 heterocycles. The maximum atomic E-state index is 12.8. The first-order valence-corrected chi connectivity index (χ1v) is 8.73. The molecule has 0 aromatic rings. The number of rotatable bonds is 7. The van der Waals surface area contributed by atoms with Gasteiger partial charge >= 0.3 is 0 Å². The van der Waals surface area contributed by atoms with Gasteiger partial charge in [-0.05, 0) is 40.5 Å². The quantitative estimate of drug-likeness (QED) is 0.543. The molecule has 25 heavy (non-hydrogen) atoms. The summed E-state index contributed by atoms with van der Waals surface area (Å²) in [5.41, 5.74) is -0.375. The van der Waals surface area contributed by atoms with Crippen molar-refractivity contribution >= 4 is 17.3 Å². The summed E-state index contributed by atoms with van der Waals surface area (Å²) in [7, 11) is 0. The third-order valence-corrected chi connectivity index (χ3v) is 4.69. The summed E-state index contributed by atoms with van der Waals surface area (Å²) in [4.78, 5) is 38.0. The summed E-state index contributed by atoms with van der Waals surface area (Å²) >= 11 is 0. The molecule has 0 amide bonds. The molecule has 0 aromatic carbocycles. The number of allylic oxidation sites excluding steroid dienone is 3. The third-order valence-electron chi connectivity index (χ3n) is 4.69. The van der Waals surface area contributed by atoms with E-state index in [9.17, 15) is 24.6 Å². The number of carbonyl (C=O) groups excluding carboxylic acids is 3. The molecule has 5 heteroatoms. The van der Waals surface area contributed by atoms with Crippen LogP contribution in [0, 0.1) is 17.8 Å². The zero-order valence-corrected chi connectivity index (χ0v) is 16.0. The summed E-state index contributed by atoms with van der Waals surface area (Å²) < 4.78 is 0. The number of carbonyl (C=O) groups is 3. The van der Waals surface area contributed by atoms with Crippen LogP contribution in [0.1, 0.15) is 54.4 Å². The molecule has 1 aliphatic carbocycles. The van der Waals surface area contributed by atoms with Crippen LogP contribution in [0.3, 0.4) is 0 Å². The van der Waals surface area contributed by atoms with Crippen molar-refractivity contribution in [2.45, 2.75) is 66.1 Å². The molecule has 5 nitrogen and oxygen atoms in total.